The number of H-pyrrole nitrogens is 1. The zero-order valence-corrected chi connectivity index (χ0v) is 19.3. The van der Waals surface area contributed by atoms with Gasteiger partial charge in [0.1, 0.15) is 5.75 Å². The third kappa shape index (κ3) is 5.28. The summed E-state index contributed by atoms with van der Waals surface area (Å²) in [5.74, 6) is -0.0446. The monoisotopic (exact) mass is 491 g/mol. The predicted molar refractivity (Wildman–Crippen MR) is 118 cm³/mol. The van der Waals surface area contributed by atoms with Gasteiger partial charge in [0.05, 0.1) is 11.4 Å². The van der Waals surface area contributed by atoms with Crippen LogP contribution in [0.2, 0.25) is 0 Å². The molecule has 0 radical (unpaired) electrons. The van der Waals surface area contributed by atoms with E-state index in [4.69, 9.17) is 0 Å². The Labute approximate surface area is 200 Å². The highest BCUT2D eigenvalue weighted by atomic mass is 19.4. The number of nitrogens with zero attached hydrogens (tertiary/aromatic N) is 4. The van der Waals surface area contributed by atoms with Crippen LogP contribution in [-0.2, 0) is 28.9 Å². The van der Waals surface area contributed by atoms with Crippen molar-refractivity contribution >= 4 is 11.8 Å². The fraction of sp³-hybridized carbons (Fsp3) is 0.583. The quantitative estimate of drug-likeness (QED) is 0.695. The van der Waals surface area contributed by atoms with Crippen molar-refractivity contribution in [2.45, 2.75) is 51.3 Å². The number of alkyl halides is 3. The van der Waals surface area contributed by atoms with Gasteiger partial charge in [0.15, 0.2) is 0 Å². The fourth-order valence-electron chi connectivity index (χ4n) is 5.49. The second kappa shape index (κ2) is 9.16. The van der Waals surface area contributed by atoms with E-state index in [1.807, 2.05) is 9.80 Å². The lowest BCUT2D eigenvalue weighted by Gasteiger charge is -2.54. The first kappa shape index (κ1) is 23.6. The van der Waals surface area contributed by atoms with E-state index in [2.05, 4.69) is 20.1 Å². The number of amides is 2. The van der Waals surface area contributed by atoms with Crippen molar-refractivity contribution in [2.24, 2.45) is 11.3 Å². The molecule has 2 aromatic rings. The lowest BCUT2D eigenvalue weighted by molar-refractivity contribution is -0.274. The summed E-state index contributed by atoms with van der Waals surface area (Å²) in [6.07, 6.45) is 0.0484. The van der Waals surface area contributed by atoms with Gasteiger partial charge in [0, 0.05) is 50.4 Å². The number of ether oxygens (including phenoxy) is 1. The number of likely N-dealkylation sites (tertiary alicyclic amines) is 2. The Hall–Kier alpha value is -3.11. The normalized spacial score (nSPS) is 21.4. The molecule has 2 saturated heterocycles. The van der Waals surface area contributed by atoms with E-state index in [-0.39, 0.29) is 28.9 Å². The molecule has 35 heavy (non-hydrogen) atoms. The van der Waals surface area contributed by atoms with Gasteiger partial charge < -0.3 is 14.5 Å². The molecule has 0 saturated carbocycles. The number of rotatable bonds is 5. The van der Waals surface area contributed by atoms with E-state index < -0.39 is 6.36 Å². The van der Waals surface area contributed by atoms with E-state index in [0.717, 1.165) is 55.7 Å². The summed E-state index contributed by atoms with van der Waals surface area (Å²) >= 11 is 0. The van der Waals surface area contributed by atoms with Gasteiger partial charge in [-0.25, -0.2) is 0 Å². The number of hydrogen-bond donors (Lipinski definition) is 1. The van der Waals surface area contributed by atoms with Crippen molar-refractivity contribution in [2.75, 3.05) is 26.2 Å². The first-order valence-electron chi connectivity index (χ1n) is 12.0. The second-order valence-electron chi connectivity index (χ2n) is 9.92. The number of piperidine rings is 1. The molecule has 11 heteroatoms. The Morgan fingerprint density at radius 2 is 1.74 bits per heavy atom. The van der Waals surface area contributed by atoms with E-state index >= 15 is 0 Å². The maximum absolute atomic E-state index is 13.0. The van der Waals surface area contributed by atoms with Gasteiger partial charge in [-0.15, -0.1) is 13.2 Å². The van der Waals surface area contributed by atoms with E-state index in [1.54, 1.807) is 12.1 Å². The summed E-state index contributed by atoms with van der Waals surface area (Å²) < 4.78 is 40.7. The highest BCUT2D eigenvalue weighted by molar-refractivity contribution is 5.80. The average Bonchev–Trinajstić information content (AvgIpc) is 3.28. The number of aromatic nitrogens is 3. The molecule has 3 heterocycles. The largest absolute Gasteiger partial charge is 0.573 e. The standard InChI is InChI=1S/C24H28F3N5O3/c25-24(26,27)35-18-5-1-16(2-6-18)3-8-21(33)31-11-9-23(10-12-31)14-32(15-23)22(34)17-4-7-19-20(13-17)29-30-28-19/h1-2,5-6,17H,3-4,7-15H2,(H,28,29,30). The third-order valence-corrected chi connectivity index (χ3v) is 7.55. The Morgan fingerprint density at radius 1 is 1.06 bits per heavy atom. The summed E-state index contributed by atoms with van der Waals surface area (Å²) in [6.45, 7) is 2.85. The second-order valence-corrected chi connectivity index (χ2v) is 9.92. The molecule has 0 bridgehead atoms. The molecule has 1 aromatic heterocycles. The summed E-state index contributed by atoms with van der Waals surface area (Å²) in [4.78, 5) is 29.5. The van der Waals surface area contributed by atoms with Crippen LogP contribution in [0.4, 0.5) is 13.2 Å². The molecule has 2 fully saturated rings. The first-order chi connectivity index (χ1) is 16.7. The van der Waals surface area contributed by atoms with Crippen molar-refractivity contribution in [3.63, 3.8) is 0 Å². The minimum absolute atomic E-state index is 0.0271. The smallest absolute Gasteiger partial charge is 0.406 e. The Bertz CT molecular complexity index is 1070. The maximum Gasteiger partial charge on any atom is 0.573 e. The molecule has 8 nitrogen and oxygen atoms in total. The summed E-state index contributed by atoms with van der Waals surface area (Å²) in [5.41, 5.74) is 2.77. The van der Waals surface area contributed by atoms with Crippen molar-refractivity contribution in [1.29, 1.82) is 0 Å². The molecule has 1 spiro atoms. The number of hydrogen-bond acceptors (Lipinski definition) is 5. The summed E-state index contributed by atoms with van der Waals surface area (Å²) in [7, 11) is 0. The Balaban J connectivity index is 1.04. The number of aromatic amines is 1. The van der Waals surface area contributed by atoms with E-state index in [1.165, 1.54) is 12.1 Å². The van der Waals surface area contributed by atoms with Crippen LogP contribution in [0, 0.1) is 11.3 Å². The molecule has 1 unspecified atom stereocenters. The molecular weight excluding hydrogens is 463 g/mol. The van der Waals surface area contributed by atoms with Gasteiger partial charge in [-0.05, 0) is 49.8 Å². The molecule has 3 aliphatic rings. The molecule has 2 aliphatic heterocycles. The zero-order valence-electron chi connectivity index (χ0n) is 19.3. The van der Waals surface area contributed by atoms with Crippen LogP contribution in [0.1, 0.15) is 42.6 Å². The van der Waals surface area contributed by atoms with E-state index in [9.17, 15) is 22.8 Å². The van der Waals surface area contributed by atoms with Gasteiger partial charge >= 0.3 is 6.36 Å². The highest BCUT2D eigenvalue weighted by Crippen LogP contribution is 2.42. The molecule has 1 N–H and O–H groups in total. The van der Waals surface area contributed by atoms with Crippen LogP contribution in [0.5, 0.6) is 5.75 Å². The number of carbonyl (C=O) groups is 2. The molecule has 188 valence electrons. The Morgan fingerprint density at radius 3 is 2.43 bits per heavy atom. The van der Waals surface area contributed by atoms with Crippen LogP contribution in [-0.4, -0.2) is 69.6 Å². The fourth-order valence-corrected chi connectivity index (χ4v) is 5.49. The van der Waals surface area contributed by atoms with Crippen LogP contribution >= 0.6 is 0 Å². The molecule has 5 rings (SSSR count). The maximum atomic E-state index is 13.0. The SMILES string of the molecule is O=C(CCc1ccc(OC(F)(F)F)cc1)N1CCC2(CC1)CN(C(=O)C1CCc3n[nH]nc3C1)C2. The summed E-state index contributed by atoms with van der Waals surface area (Å²) in [6, 6.07) is 5.63. The van der Waals surface area contributed by atoms with Gasteiger partial charge in [-0.1, -0.05) is 12.1 Å². The molecular formula is C24H28F3N5O3. The average molecular weight is 492 g/mol. The van der Waals surface area contributed by atoms with Crippen molar-refractivity contribution in [3.8, 4) is 5.75 Å². The van der Waals surface area contributed by atoms with Gasteiger partial charge in [-0.2, -0.15) is 15.4 Å². The number of carbonyl (C=O) groups excluding carboxylic acids is 2. The third-order valence-electron chi connectivity index (χ3n) is 7.55. The molecule has 2 amide bonds. The lowest BCUT2D eigenvalue weighted by Crippen LogP contribution is -2.63. The minimum Gasteiger partial charge on any atom is -0.406 e. The molecule has 1 aromatic carbocycles. The van der Waals surface area contributed by atoms with E-state index in [0.29, 0.717) is 32.4 Å². The van der Waals surface area contributed by atoms with Crippen LogP contribution in [0.3, 0.4) is 0 Å². The van der Waals surface area contributed by atoms with Crippen LogP contribution < -0.4 is 4.74 Å². The number of benzene rings is 1. The number of halogens is 3. The molecule has 1 atom stereocenters. The zero-order chi connectivity index (χ0) is 24.6. The van der Waals surface area contributed by atoms with Crippen molar-refractivity contribution in [1.82, 2.24) is 25.2 Å². The molecule has 1 aliphatic carbocycles. The minimum atomic E-state index is -4.72. The topological polar surface area (TPSA) is 91.4 Å². The van der Waals surface area contributed by atoms with Gasteiger partial charge in [-0.3, -0.25) is 9.59 Å². The van der Waals surface area contributed by atoms with Crippen LogP contribution in [0.25, 0.3) is 0 Å². The van der Waals surface area contributed by atoms with Crippen LogP contribution in [0.15, 0.2) is 24.3 Å². The van der Waals surface area contributed by atoms with Crippen molar-refractivity contribution in [3.05, 3.63) is 41.2 Å². The summed E-state index contributed by atoms with van der Waals surface area (Å²) in [5, 5.41) is 10.9. The number of nitrogens with one attached hydrogen (secondary N) is 1. The van der Waals surface area contributed by atoms with Gasteiger partial charge in [0.2, 0.25) is 11.8 Å². The lowest BCUT2D eigenvalue weighted by atomic mass is 9.71. The van der Waals surface area contributed by atoms with Crippen molar-refractivity contribution < 1.29 is 27.5 Å². The Kier molecular flexibility index (Phi) is 6.18. The number of fused-ring (bicyclic) bond motifs is 1. The predicted octanol–water partition coefficient (Wildman–Crippen LogP) is 2.89. The van der Waals surface area contributed by atoms with Gasteiger partial charge in [0.25, 0.3) is 0 Å². The number of aryl methyl sites for hydroxylation is 2. The highest BCUT2D eigenvalue weighted by Gasteiger charge is 2.48. The first-order valence-corrected chi connectivity index (χ1v) is 12.0.